The molecule has 1 fully saturated rings. The van der Waals surface area contributed by atoms with Gasteiger partial charge in [-0.3, -0.25) is 4.21 Å². The van der Waals surface area contributed by atoms with E-state index in [0.29, 0.717) is 5.92 Å². The Morgan fingerprint density at radius 3 is 2.65 bits per heavy atom. The Morgan fingerprint density at radius 2 is 2.05 bits per heavy atom. The van der Waals surface area contributed by atoms with Crippen LogP contribution in [0.3, 0.4) is 0 Å². The van der Waals surface area contributed by atoms with Crippen LogP contribution in [0, 0.1) is 0 Å². The van der Waals surface area contributed by atoms with E-state index in [0.717, 1.165) is 49.2 Å². The van der Waals surface area contributed by atoms with Gasteiger partial charge in [-0.05, 0) is 30.2 Å². The number of nitrogens with one attached hydrogen (secondary N) is 1. The standard InChI is InChI=1S/C15H25N3OS/c1-4-16-11-13-9-14(12(2)3)17-15(10-13)18-5-7-20(19)8-6-18/h9-10,12,16H,4-8,11H2,1-3H3. The third-order valence-corrected chi connectivity index (χ3v) is 4.84. The van der Waals surface area contributed by atoms with E-state index in [2.05, 4.69) is 43.1 Å². The number of hydrogen-bond donors (Lipinski definition) is 1. The third-order valence-electron chi connectivity index (χ3n) is 3.56. The molecule has 1 N–H and O–H groups in total. The van der Waals surface area contributed by atoms with Crippen molar-refractivity contribution >= 4 is 16.6 Å². The summed E-state index contributed by atoms with van der Waals surface area (Å²) in [6.07, 6.45) is 0. The van der Waals surface area contributed by atoms with Crippen LogP contribution in [0.2, 0.25) is 0 Å². The minimum absolute atomic E-state index is 0.425. The molecule has 1 aliphatic heterocycles. The van der Waals surface area contributed by atoms with Gasteiger partial charge in [-0.15, -0.1) is 0 Å². The number of hydrogen-bond acceptors (Lipinski definition) is 4. The Morgan fingerprint density at radius 1 is 1.35 bits per heavy atom. The molecule has 2 heterocycles. The molecule has 0 aliphatic carbocycles. The summed E-state index contributed by atoms with van der Waals surface area (Å²) in [6.45, 7) is 10.0. The van der Waals surface area contributed by atoms with Crippen molar-refractivity contribution in [3.8, 4) is 0 Å². The molecule has 0 saturated carbocycles. The molecular weight excluding hydrogens is 270 g/mol. The van der Waals surface area contributed by atoms with Crippen molar-refractivity contribution in [1.29, 1.82) is 0 Å². The molecule has 0 unspecified atom stereocenters. The van der Waals surface area contributed by atoms with Gasteiger partial charge in [0.05, 0.1) is 0 Å². The lowest BCUT2D eigenvalue weighted by atomic mass is 10.1. The van der Waals surface area contributed by atoms with Crippen molar-refractivity contribution in [2.24, 2.45) is 0 Å². The summed E-state index contributed by atoms with van der Waals surface area (Å²) >= 11 is 0. The molecule has 1 aromatic heterocycles. The average Bonchev–Trinajstić information content (AvgIpc) is 2.45. The zero-order chi connectivity index (χ0) is 14.5. The van der Waals surface area contributed by atoms with Crippen molar-refractivity contribution in [2.75, 3.05) is 36.0 Å². The summed E-state index contributed by atoms with van der Waals surface area (Å²) in [4.78, 5) is 7.06. The molecule has 0 radical (unpaired) electrons. The summed E-state index contributed by atoms with van der Waals surface area (Å²) in [5, 5.41) is 3.37. The predicted molar refractivity (Wildman–Crippen MR) is 85.8 cm³/mol. The van der Waals surface area contributed by atoms with Gasteiger partial charge in [0.1, 0.15) is 5.82 Å². The molecule has 0 amide bonds. The normalized spacial score (nSPS) is 16.9. The molecule has 0 spiro atoms. The fourth-order valence-corrected chi connectivity index (χ4v) is 3.34. The fourth-order valence-electron chi connectivity index (χ4n) is 2.29. The van der Waals surface area contributed by atoms with E-state index in [4.69, 9.17) is 4.98 Å². The second-order valence-electron chi connectivity index (χ2n) is 5.53. The second-order valence-corrected chi connectivity index (χ2v) is 7.22. The van der Waals surface area contributed by atoms with Gasteiger partial charge in [-0.25, -0.2) is 4.98 Å². The minimum atomic E-state index is -0.641. The van der Waals surface area contributed by atoms with Gasteiger partial charge in [0.2, 0.25) is 0 Å². The van der Waals surface area contributed by atoms with Crippen molar-refractivity contribution < 1.29 is 4.21 Å². The van der Waals surface area contributed by atoms with Gasteiger partial charge in [-0.2, -0.15) is 0 Å². The van der Waals surface area contributed by atoms with Gasteiger partial charge >= 0.3 is 0 Å². The SMILES string of the molecule is CCNCc1cc(C(C)C)nc(N2CCS(=O)CC2)c1. The summed E-state index contributed by atoms with van der Waals surface area (Å²) in [5.74, 6) is 2.99. The van der Waals surface area contributed by atoms with Crippen LogP contribution in [-0.2, 0) is 17.3 Å². The maximum Gasteiger partial charge on any atom is 0.129 e. The Bertz CT molecular complexity index is 466. The first kappa shape index (κ1) is 15.4. The van der Waals surface area contributed by atoms with Crippen LogP contribution in [0.25, 0.3) is 0 Å². The molecule has 1 aromatic rings. The third kappa shape index (κ3) is 4.03. The largest absolute Gasteiger partial charge is 0.355 e. The van der Waals surface area contributed by atoms with Gasteiger partial charge in [-0.1, -0.05) is 20.8 Å². The molecule has 0 atom stereocenters. The Kier molecular flexibility index (Phi) is 5.54. The number of rotatable bonds is 5. The Hall–Kier alpha value is -0.940. The van der Waals surface area contributed by atoms with E-state index in [1.807, 2.05) is 0 Å². The molecule has 5 heteroatoms. The van der Waals surface area contributed by atoms with Gasteiger partial charge in [0.15, 0.2) is 0 Å². The molecule has 0 bridgehead atoms. The highest BCUT2D eigenvalue weighted by atomic mass is 32.2. The topological polar surface area (TPSA) is 45.2 Å². The quantitative estimate of drug-likeness (QED) is 0.901. The van der Waals surface area contributed by atoms with Crippen molar-refractivity contribution in [1.82, 2.24) is 10.3 Å². The van der Waals surface area contributed by atoms with Crippen LogP contribution < -0.4 is 10.2 Å². The Balaban J connectivity index is 2.21. The van der Waals surface area contributed by atoms with Gasteiger partial charge < -0.3 is 10.2 Å². The molecule has 20 heavy (non-hydrogen) atoms. The van der Waals surface area contributed by atoms with E-state index >= 15 is 0 Å². The first-order valence-corrected chi connectivity index (χ1v) is 8.90. The van der Waals surface area contributed by atoms with Crippen LogP contribution in [0.4, 0.5) is 5.82 Å². The summed E-state index contributed by atoms with van der Waals surface area (Å²) < 4.78 is 11.5. The van der Waals surface area contributed by atoms with E-state index in [9.17, 15) is 4.21 Å². The lowest BCUT2D eigenvalue weighted by Gasteiger charge is -2.28. The number of aromatic nitrogens is 1. The van der Waals surface area contributed by atoms with Crippen LogP contribution in [-0.4, -0.2) is 40.3 Å². The first-order chi connectivity index (χ1) is 9.60. The lowest BCUT2D eigenvalue weighted by Crippen LogP contribution is -2.38. The van der Waals surface area contributed by atoms with Gasteiger partial charge in [0, 0.05) is 47.6 Å². The van der Waals surface area contributed by atoms with Crippen molar-refractivity contribution in [2.45, 2.75) is 33.2 Å². The Labute approximate surface area is 124 Å². The highest BCUT2D eigenvalue weighted by Gasteiger charge is 2.18. The summed E-state index contributed by atoms with van der Waals surface area (Å²) in [6, 6.07) is 4.36. The smallest absolute Gasteiger partial charge is 0.129 e. The average molecular weight is 295 g/mol. The monoisotopic (exact) mass is 295 g/mol. The van der Waals surface area contributed by atoms with Crippen molar-refractivity contribution in [3.63, 3.8) is 0 Å². The maximum absolute atomic E-state index is 11.5. The zero-order valence-electron chi connectivity index (χ0n) is 12.7. The lowest BCUT2D eigenvalue weighted by molar-refractivity contribution is 0.671. The van der Waals surface area contributed by atoms with Crippen LogP contribution in [0.5, 0.6) is 0 Å². The molecule has 4 nitrogen and oxygen atoms in total. The molecule has 1 aliphatic rings. The predicted octanol–water partition coefficient (Wildman–Crippen LogP) is 1.88. The molecule has 2 rings (SSSR count). The van der Waals surface area contributed by atoms with E-state index in [1.165, 1.54) is 5.56 Å². The van der Waals surface area contributed by atoms with E-state index in [1.54, 1.807) is 0 Å². The van der Waals surface area contributed by atoms with Crippen molar-refractivity contribution in [3.05, 3.63) is 23.4 Å². The zero-order valence-corrected chi connectivity index (χ0v) is 13.5. The van der Waals surface area contributed by atoms with Gasteiger partial charge in [0.25, 0.3) is 0 Å². The maximum atomic E-state index is 11.5. The molecule has 112 valence electrons. The molecule has 0 aromatic carbocycles. The molecule has 1 saturated heterocycles. The minimum Gasteiger partial charge on any atom is -0.355 e. The van der Waals surface area contributed by atoms with Crippen LogP contribution >= 0.6 is 0 Å². The number of nitrogens with zero attached hydrogens (tertiary/aromatic N) is 2. The summed E-state index contributed by atoms with van der Waals surface area (Å²) in [7, 11) is -0.641. The second kappa shape index (κ2) is 7.18. The number of anilines is 1. The summed E-state index contributed by atoms with van der Waals surface area (Å²) in [5.41, 5.74) is 2.43. The van der Waals surface area contributed by atoms with Crippen LogP contribution in [0.15, 0.2) is 12.1 Å². The molecular formula is C15H25N3OS. The van der Waals surface area contributed by atoms with E-state index < -0.39 is 10.8 Å². The highest BCUT2D eigenvalue weighted by Crippen LogP contribution is 2.21. The highest BCUT2D eigenvalue weighted by molar-refractivity contribution is 7.85. The number of pyridine rings is 1. The van der Waals surface area contributed by atoms with Crippen LogP contribution in [0.1, 0.15) is 37.9 Å². The van der Waals surface area contributed by atoms with E-state index in [-0.39, 0.29) is 0 Å². The first-order valence-electron chi connectivity index (χ1n) is 7.41. The fraction of sp³-hybridized carbons (Fsp3) is 0.667.